The highest BCUT2D eigenvalue weighted by molar-refractivity contribution is 5.88. The van der Waals surface area contributed by atoms with E-state index in [1.54, 1.807) is 7.11 Å². The number of benzene rings is 2. The number of hydrogen-bond acceptors (Lipinski definition) is 3. The summed E-state index contributed by atoms with van der Waals surface area (Å²) in [5, 5.41) is 5.96. The van der Waals surface area contributed by atoms with Crippen LogP contribution >= 0.6 is 0 Å². The molecule has 0 bridgehead atoms. The van der Waals surface area contributed by atoms with E-state index in [1.807, 2.05) is 0 Å². The molecule has 0 amide bonds. The molecule has 0 aromatic heterocycles. The van der Waals surface area contributed by atoms with Crippen molar-refractivity contribution >= 4 is 10.8 Å². The standard InChI is InChI=1S/C18H25NO2/c1-15-7-8-16(18-6-4-3-5-17(15)18)9-12-21-14-11-19-10-13-20-2/h3-8,19H,9-14H2,1-2H3. The second-order valence-corrected chi connectivity index (χ2v) is 5.19. The fraction of sp³-hybridized carbons (Fsp3) is 0.444. The van der Waals surface area contributed by atoms with Crippen molar-refractivity contribution in [1.29, 1.82) is 0 Å². The fourth-order valence-electron chi connectivity index (χ4n) is 2.46. The van der Waals surface area contributed by atoms with Crippen LogP contribution in [0.4, 0.5) is 0 Å². The van der Waals surface area contributed by atoms with Gasteiger partial charge in [-0.05, 0) is 35.2 Å². The quantitative estimate of drug-likeness (QED) is 0.719. The summed E-state index contributed by atoms with van der Waals surface area (Å²) in [6.45, 7) is 6.16. The summed E-state index contributed by atoms with van der Waals surface area (Å²) < 4.78 is 10.7. The molecular formula is C18H25NO2. The minimum absolute atomic E-state index is 0.744. The Labute approximate surface area is 127 Å². The summed E-state index contributed by atoms with van der Waals surface area (Å²) in [7, 11) is 1.71. The summed E-state index contributed by atoms with van der Waals surface area (Å²) >= 11 is 0. The third-order valence-corrected chi connectivity index (χ3v) is 3.65. The number of fused-ring (bicyclic) bond motifs is 1. The molecule has 0 heterocycles. The number of aryl methyl sites for hydroxylation is 1. The first-order valence-electron chi connectivity index (χ1n) is 7.57. The normalized spacial score (nSPS) is 11.1. The van der Waals surface area contributed by atoms with Crippen molar-refractivity contribution in [1.82, 2.24) is 5.32 Å². The lowest BCUT2D eigenvalue weighted by atomic mass is 9.99. The lowest BCUT2D eigenvalue weighted by molar-refractivity contribution is 0.135. The number of methoxy groups -OCH3 is 1. The van der Waals surface area contributed by atoms with Gasteiger partial charge in [-0.25, -0.2) is 0 Å². The second-order valence-electron chi connectivity index (χ2n) is 5.19. The lowest BCUT2D eigenvalue weighted by Gasteiger charge is -2.10. The number of ether oxygens (including phenoxy) is 2. The van der Waals surface area contributed by atoms with Crippen molar-refractivity contribution in [2.45, 2.75) is 13.3 Å². The molecule has 0 aliphatic carbocycles. The van der Waals surface area contributed by atoms with Crippen LogP contribution < -0.4 is 5.32 Å². The Morgan fingerprint density at radius 3 is 2.48 bits per heavy atom. The minimum atomic E-state index is 0.744. The Bertz CT molecular complexity index is 554. The van der Waals surface area contributed by atoms with Crippen molar-refractivity contribution in [2.75, 3.05) is 40.0 Å². The maximum Gasteiger partial charge on any atom is 0.0591 e. The predicted molar refractivity (Wildman–Crippen MR) is 88.0 cm³/mol. The van der Waals surface area contributed by atoms with Gasteiger partial charge in [0.05, 0.1) is 19.8 Å². The lowest BCUT2D eigenvalue weighted by Crippen LogP contribution is -2.23. The van der Waals surface area contributed by atoms with E-state index in [2.05, 4.69) is 48.6 Å². The van der Waals surface area contributed by atoms with Crippen molar-refractivity contribution < 1.29 is 9.47 Å². The molecule has 21 heavy (non-hydrogen) atoms. The van der Waals surface area contributed by atoms with Gasteiger partial charge in [-0.3, -0.25) is 0 Å². The Morgan fingerprint density at radius 1 is 0.905 bits per heavy atom. The van der Waals surface area contributed by atoms with Crippen LogP contribution in [-0.4, -0.2) is 40.0 Å². The molecule has 0 saturated heterocycles. The Hall–Kier alpha value is -1.42. The van der Waals surface area contributed by atoms with Gasteiger partial charge in [-0.15, -0.1) is 0 Å². The monoisotopic (exact) mass is 287 g/mol. The molecule has 3 nitrogen and oxygen atoms in total. The molecule has 3 heteroatoms. The Morgan fingerprint density at radius 2 is 1.67 bits per heavy atom. The maximum absolute atomic E-state index is 5.69. The highest BCUT2D eigenvalue weighted by atomic mass is 16.5. The zero-order valence-electron chi connectivity index (χ0n) is 13.0. The largest absolute Gasteiger partial charge is 0.383 e. The van der Waals surface area contributed by atoms with E-state index >= 15 is 0 Å². The van der Waals surface area contributed by atoms with Crippen molar-refractivity contribution in [2.24, 2.45) is 0 Å². The second kappa shape index (κ2) is 8.78. The van der Waals surface area contributed by atoms with E-state index in [4.69, 9.17) is 9.47 Å². The first-order chi connectivity index (χ1) is 10.3. The molecule has 0 radical (unpaired) electrons. The van der Waals surface area contributed by atoms with Crippen molar-refractivity contribution in [3.8, 4) is 0 Å². The van der Waals surface area contributed by atoms with E-state index in [0.29, 0.717) is 0 Å². The summed E-state index contributed by atoms with van der Waals surface area (Å²) in [6.07, 6.45) is 0.957. The van der Waals surface area contributed by atoms with Gasteiger partial charge in [0.1, 0.15) is 0 Å². The zero-order valence-corrected chi connectivity index (χ0v) is 13.0. The maximum atomic E-state index is 5.69. The molecule has 0 unspecified atom stereocenters. The minimum Gasteiger partial charge on any atom is -0.383 e. The molecule has 0 fully saturated rings. The Balaban J connectivity index is 1.78. The molecule has 0 saturated carbocycles. The van der Waals surface area contributed by atoms with Crippen LogP contribution in [0.1, 0.15) is 11.1 Å². The predicted octanol–water partition coefficient (Wildman–Crippen LogP) is 2.94. The van der Waals surface area contributed by atoms with Crippen LogP contribution in [0, 0.1) is 6.92 Å². The van der Waals surface area contributed by atoms with Gasteiger partial charge in [-0.2, -0.15) is 0 Å². The van der Waals surface area contributed by atoms with Gasteiger partial charge in [0, 0.05) is 20.2 Å². The molecule has 114 valence electrons. The molecule has 0 spiro atoms. The number of rotatable bonds is 9. The Kier molecular flexibility index (Phi) is 6.67. The molecular weight excluding hydrogens is 262 g/mol. The average Bonchev–Trinajstić information content (AvgIpc) is 2.52. The van der Waals surface area contributed by atoms with E-state index in [9.17, 15) is 0 Å². The van der Waals surface area contributed by atoms with Gasteiger partial charge >= 0.3 is 0 Å². The third-order valence-electron chi connectivity index (χ3n) is 3.65. The SMILES string of the molecule is COCCNCCOCCc1ccc(C)c2ccccc12. The van der Waals surface area contributed by atoms with Crippen LogP contribution in [0.2, 0.25) is 0 Å². The molecule has 2 aromatic carbocycles. The van der Waals surface area contributed by atoms with Crippen LogP contribution in [0.25, 0.3) is 10.8 Å². The molecule has 0 aliphatic heterocycles. The van der Waals surface area contributed by atoms with Gasteiger partial charge in [0.25, 0.3) is 0 Å². The average molecular weight is 287 g/mol. The van der Waals surface area contributed by atoms with E-state index < -0.39 is 0 Å². The molecule has 0 atom stereocenters. The molecule has 2 rings (SSSR count). The highest BCUT2D eigenvalue weighted by Crippen LogP contribution is 2.22. The van der Waals surface area contributed by atoms with Gasteiger partial charge in [0.15, 0.2) is 0 Å². The third kappa shape index (κ3) is 4.81. The van der Waals surface area contributed by atoms with Crippen LogP contribution in [0.3, 0.4) is 0 Å². The van der Waals surface area contributed by atoms with Crippen molar-refractivity contribution in [3.05, 3.63) is 47.5 Å². The molecule has 1 N–H and O–H groups in total. The van der Waals surface area contributed by atoms with Gasteiger partial charge in [0.2, 0.25) is 0 Å². The zero-order chi connectivity index (χ0) is 14.9. The highest BCUT2D eigenvalue weighted by Gasteiger charge is 2.02. The van der Waals surface area contributed by atoms with Gasteiger partial charge < -0.3 is 14.8 Å². The number of hydrogen-bond donors (Lipinski definition) is 1. The van der Waals surface area contributed by atoms with Crippen molar-refractivity contribution in [3.63, 3.8) is 0 Å². The van der Waals surface area contributed by atoms with Crippen LogP contribution in [0.15, 0.2) is 36.4 Å². The molecule has 2 aromatic rings. The summed E-state index contributed by atoms with van der Waals surface area (Å²) in [6, 6.07) is 13.0. The summed E-state index contributed by atoms with van der Waals surface area (Å²) in [5.74, 6) is 0. The molecule has 0 aliphatic rings. The van der Waals surface area contributed by atoms with Crippen LogP contribution in [-0.2, 0) is 15.9 Å². The van der Waals surface area contributed by atoms with E-state index in [1.165, 1.54) is 21.9 Å². The van der Waals surface area contributed by atoms with Gasteiger partial charge in [-0.1, -0.05) is 36.4 Å². The fourth-order valence-corrected chi connectivity index (χ4v) is 2.46. The first-order valence-corrected chi connectivity index (χ1v) is 7.57. The number of nitrogens with one attached hydrogen (secondary N) is 1. The summed E-state index contributed by atoms with van der Waals surface area (Å²) in [4.78, 5) is 0. The van der Waals surface area contributed by atoms with Crippen LogP contribution in [0.5, 0.6) is 0 Å². The summed E-state index contributed by atoms with van der Waals surface area (Å²) in [5.41, 5.74) is 2.70. The topological polar surface area (TPSA) is 30.5 Å². The smallest absolute Gasteiger partial charge is 0.0591 e. The van der Waals surface area contributed by atoms with E-state index in [-0.39, 0.29) is 0 Å². The van der Waals surface area contributed by atoms with E-state index in [0.717, 1.165) is 39.3 Å². The first kappa shape index (κ1) is 16.0.